The minimum absolute atomic E-state index is 0.0105. The molecule has 0 bridgehead atoms. The highest BCUT2D eigenvalue weighted by Gasteiger charge is 2.15. The molecule has 0 unspecified atom stereocenters. The topological polar surface area (TPSA) is 50.7 Å². The molecule has 2 aromatic carbocycles. The lowest BCUT2D eigenvalue weighted by Crippen LogP contribution is -2.07. The number of halogens is 4. The van der Waals surface area contributed by atoms with Crippen molar-refractivity contribution in [2.75, 3.05) is 5.32 Å². The number of nitrogens with zero attached hydrogens (tertiary/aromatic N) is 3. The molecule has 4 nitrogen and oxygen atoms in total. The minimum Gasteiger partial charge on any atom is -0.363 e. The van der Waals surface area contributed by atoms with Crippen LogP contribution in [0.5, 0.6) is 0 Å². The summed E-state index contributed by atoms with van der Waals surface area (Å²) in [6.07, 6.45) is 1.02. The summed E-state index contributed by atoms with van der Waals surface area (Å²) < 4.78 is 14.0. The molecule has 4 aromatic rings. The van der Waals surface area contributed by atoms with Gasteiger partial charge < -0.3 is 5.32 Å². The number of para-hydroxylation sites is 1. The zero-order valence-corrected chi connectivity index (χ0v) is 16.5. The molecule has 2 heterocycles. The molecule has 0 saturated carbocycles. The Morgan fingerprint density at radius 2 is 1.71 bits per heavy atom. The maximum absolute atomic E-state index is 14.0. The number of pyridine rings is 1. The summed E-state index contributed by atoms with van der Waals surface area (Å²) >= 11 is 18.5. The number of benzene rings is 2. The zero-order chi connectivity index (χ0) is 19.7. The lowest BCUT2D eigenvalue weighted by molar-refractivity contribution is 0.616. The smallest absolute Gasteiger partial charge is 0.224 e. The van der Waals surface area contributed by atoms with Gasteiger partial charge >= 0.3 is 0 Å². The largest absolute Gasteiger partial charge is 0.363 e. The van der Waals surface area contributed by atoms with E-state index in [1.54, 1.807) is 12.1 Å². The Labute approximate surface area is 175 Å². The van der Waals surface area contributed by atoms with Crippen molar-refractivity contribution < 1.29 is 4.39 Å². The molecular formula is C20H12Cl3FN4. The average Bonchev–Trinajstić information content (AvgIpc) is 2.69. The normalized spacial score (nSPS) is 11.0. The summed E-state index contributed by atoms with van der Waals surface area (Å²) in [6.45, 7) is 0.250. The first kappa shape index (κ1) is 18.9. The quantitative estimate of drug-likeness (QED) is 0.378. The summed E-state index contributed by atoms with van der Waals surface area (Å²) in [7, 11) is 0. The van der Waals surface area contributed by atoms with E-state index in [0.29, 0.717) is 21.3 Å². The first-order chi connectivity index (χ1) is 13.5. The third kappa shape index (κ3) is 3.74. The number of hydrogen-bond donors (Lipinski definition) is 1. The minimum atomic E-state index is -0.597. The van der Waals surface area contributed by atoms with Crippen LogP contribution in [0.15, 0.2) is 54.7 Å². The molecule has 0 saturated heterocycles. The summed E-state index contributed by atoms with van der Waals surface area (Å²) in [5.41, 5.74) is 2.87. The summed E-state index contributed by atoms with van der Waals surface area (Å²) in [5.74, 6) is -0.586. The van der Waals surface area contributed by atoms with Gasteiger partial charge in [0.15, 0.2) is 11.6 Å². The maximum Gasteiger partial charge on any atom is 0.224 e. The van der Waals surface area contributed by atoms with Crippen molar-refractivity contribution in [3.63, 3.8) is 0 Å². The third-order valence-corrected chi connectivity index (χ3v) is 4.98. The number of rotatable bonds is 4. The van der Waals surface area contributed by atoms with Gasteiger partial charge in [0.25, 0.3) is 0 Å². The summed E-state index contributed by atoms with van der Waals surface area (Å²) in [5, 5.41) is 4.87. The van der Waals surface area contributed by atoms with Gasteiger partial charge in [0.1, 0.15) is 0 Å². The molecule has 0 aliphatic heterocycles. The van der Waals surface area contributed by atoms with Crippen molar-refractivity contribution in [1.29, 1.82) is 0 Å². The van der Waals surface area contributed by atoms with Crippen LogP contribution in [0.3, 0.4) is 0 Å². The van der Waals surface area contributed by atoms with Gasteiger partial charge in [0, 0.05) is 22.5 Å². The van der Waals surface area contributed by atoms with Gasteiger partial charge in [-0.15, -0.1) is 0 Å². The molecule has 8 heteroatoms. The number of hydrogen-bond acceptors (Lipinski definition) is 4. The van der Waals surface area contributed by atoms with E-state index in [2.05, 4.69) is 15.3 Å². The van der Waals surface area contributed by atoms with Crippen molar-refractivity contribution in [3.8, 4) is 11.3 Å². The van der Waals surface area contributed by atoms with Crippen LogP contribution in [0.25, 0.3) is 22.2 Å². The van der Waals surface area contributed by atoms with E-state index in [9.17, 15) is 4.39 Å². The van der Waals surface area contributed by atoms with E-state index < -0.39 is 5.82 Å². The molecule has 2 aromatic heterocycles. The van der Waals surface area contributed by atoms with Crippen molar-refractivity contribution >= 4 is 51.5 Å². The van der Waals surface area contributed by atoms with Crippen LogP contribution >= 0.6 is 34.8 Å². The van der Waals surface area contributed by atoms with Crippen LogP contribution in [0.1, 0.15) is 5.56 Å². The van der Waals surface area contributed by atoms with E-state index in [1.807, 2.05) is 36.4 Å². The first-order valence-electron chi connectivity index (χ1n) is 8.28. The standard InChI is InChI=1S/C20H12Cl3FN4/c21-14-6-2-1-5-13(14)17-12(8-11-4-3-7-15(22)18(11)27-17)9-25-19-16(24)10-26-20(23)28-19/h1-8,10H,9H2,(H,25,26,28). The van der Waals surface area contributed by atoms with Crippen LogP contribution in [0, 0.1) is 5.82 Å². The molecule has 0 aliphatic rings. The number of fused-ring (bicyclic) bond motifs is 1. The van der Waals surface area contributed by atoms with E-state index in [4.69, 9.17) is 39.8 Å². The first-order valence-corrected chi connectivity index (χ1v) is 9.41. The van der Waals surface area contributed by atoms with Crippen LogP contribution in [0.2, 0.25) is 15.3 Å². The maximum atomic E-state index is 14.0. The summed E-state index contributed by atoms with van der Waals surface area (Å²) in [4.78, 5) is 12.3. The predicted octanol–water partition coefficient (Wildman–Crippen LogP) is 6.40. The molecule has 140 valence electrons. The van der Waals surface area contributed by atoms with Crippen LogP contribution < -0.4 is 5.32 Å². The van der Waals surface area contributed by atoms with Crippen molar-refractivity contribution in [2.24, 2.45) is 0 Å². The second-order valence-electron chi connectivity index (χ2n) is 5.98. The molecule has 0 aliphatic carbocycles. The fourth-order valence-electron chi connectivity index (χ4n) is 2.88. The monoisotopic (exact) mass is 432 g/mol. The molecular weight excluding hydrogens is 422 g/mol. The van der Waals surface area contributed by atoms with E-state index >= 15 is 0 Å². The summed E-state index contributed by atoms with van der Waals surface area (Å²) in [6, 6.07) is 14.9. The Balaban J connectivity index is 1.83. The lowest BCUT2D eigenvalue weighted by Gasteiger charge is -2.14. The van der Waals surface area contributed by atoms with Gasteiger partial charge in [0.2, 0.25) is 5.28 Å². The van der Waals surface area contributed by atoms with Crippen molar-refractivity contribution in [1.82, 2.24) is 15.0 Å². The Hall–Kier alpha value is -2.47. The molecule has 28 heavy (non-hydrogen) atoms. The molecule has 1 N–H and O–H groups in total. The highest BCUT2D eigenvalue weighted by atomic mass is 35.5. The Morgan fingerprint density at radius 1 is 0.929 bits per heavy atom. The van der Waals surface area contributed by atoms with Gasteiger partial charge in [0.05, 0.1) is 22.4 Å². The van der Waals surface area contributed by atoms with Crippen LogP contribution in [0.4, 0.5) is 10.2 Å². The number of aromatic nitrogens is 3. The fraction of sp³-hybridized carbons (Fsp3) is 0.0500. The molecule has 0 fully saturated rings. The van der Waals surface area contributed by atoms with Crippen LogP contribution in [-0.2, 0) is 6.54 Å². The lowest BCUT2D eigenvalue weighted by atomic mass is 10.0. The molecule has 0 atom stereocenters. The van der Waals surface area contributed by atoms with Crippen molar-refractivity contribution in [3.05, 3.63) is 81.4 Å². The van der Waals surface area contributed by atoms with Gasteiger partial charge in [-0.05, 0) is 35.4 Å². The van der Waals surface area contributed by atoms with Gasteiger partial charge in [-0.2, -0.15) is 4.98 Å². The SMILES string of the molecule is Fc1cnc(Cl)nc1NCc1cc2cccc(Cl)c2nc1-c1ccccc1Cl. The van der Waals surface area contributed by atoms with E-state index in [-0.39, 0.29) is 17.6 Å². The number of anilines is 1. The molecule has 0 amide bonds. The highest BCUT2D eigenvalue weighted by molar-refractivity contribution is 6.35. The zero-order valence-electron chi connectivity index (χ0n) is 14.3. The molecule has 4 rings (SSSR count). The highest BCUT2D eigenvalue weighted by Crippen LogP contribution is 2.33. The van der Waals surface area contributed by atoms with Crippen molar-refractivity contribution in [2.45, 2.75) is 6.54 Å². The Kier molecular flexibility index (Phi) is 5.31. The van der Waals surface area contributed by atoms with Gasteiger partial charge in [-0.25, -0.2) is 14.4 Å². The molecule has 0 radical (unpaired) electrons. The fourth-order valence-corrected chi connectivity index (χ4v) is 3.46. The van der Waals surface area contributed by atoms with Gasteiger partial charge in [-0.3, -0.25) is 0 Å². The van der Waals surface area contributed by atoms with Crippen LogP contribution in [-0.4, -0.2) is 15.0 Å². The molecule has 0 spiro atoms. The van der Waals surface area contributed by atoms with Gasteiger partial charge in [-0.1, -0.05) is 53.5 Å². The second-order valence-corrected chi connectivity index (χ2v) is 7.13. The number of nitrogens with one attached hydrogen (secondary N) is 1. The third-order valence-electron chi connectivity index (χ3n) is 4.17. The second kappa shape index (κ2) is 7.87. The van der Waals surface area contributed by atoms with E-state index in [0.717, 1.165) is 22.7 Å². The average molecular weight is 434 g/mol. The van der Waals surface area contributed by atoms with E-state index in [1.165, 1.54) is 0 Å². The Morgan fingerprint density at radius 3 is 2.54 bits per heavy atom. The Bertz CT molecular complexity index is 1180. The predicted molar refractivity (Wildman–Crippen MR) is 112 cm³/mol.